The Bertz CT molecular complexity index is 468. The number of halogens is 2. The minimum Gasteiger partial charge on any atom is -0.313 e. The van der Waals surface area contributed by atoms with Crippen molar-refractivity contribution in [1.82, 2.24) is 5.32 Å². The molecule has 1 atom stereocenters. The topological polar surface area (TPSA) is 12.0 Å². The first-order chi connectivity index (χ1) is 9.07. The molecule has 2 aliphatic carbocycles. The van der Waals surface area contributed by atoms with E-state index in [0.717, 1.165) is 24.4 Å². The second-order valence-corrected chi connectivity index (χ2v) is 6.93. The maximum atomic E-state index is 14.0. The van der Waals surface area contributed by atoms with Crippen LogP contribution in [0.5, 0.6) is 0 Å². The first-order valence-electron chi connectivity index (χ1n) is 7.24. The monoisotopic (exact) mass is 281 g/mol. The van der Waals surface area contributed by atoms with Gasteiger partial charge in [-0.25, -0.2) is 4.39 Å². The van der Waals surface area contributed by atoms with Crippen molar-refractivity contribution in [1.29, 1.82) is 0 Å². The molecule has 2 aliphatic rings. The van der Waals surface area contributed by atoms with Gasteiger partial charge >= 0.3 is 0 Å². The highest BCUT2D eigenvalue weighted by Crippen LogP contribution is 2.47. The molecule has 3 heteroatoms. The molecule has 1 nitrogen and oxygen atoms in total. The van der Waals surface area contributed by atoms with Crippen LogP contribution in [-0.4, -0.2) is 12.6 Å². The molecule has 0 bridgehead atoms. The third kappa shape index (κ3) is 3.29. The summed E-state index contributed by atoms with van der Waals surface area (Å²) in [6, 6.07) is 5.78. The van der Waals surface area contributed by atoms with Crippen molar-refractivity contribution in [3.8, 4) is 0 Å². The van der Waals surface area contributed by atoms with E-state index in [9.17, 15) is 4.39 Å². The quantitative estimate of drug-likeness (QED) is 0.824. The van der Waals surface area contributed by atoms with Crippen LogP contribution >= 0.6 is 11.6 Å². The number of nitrogens with one attached hydrogen (secondary N) is 1. The number of benzene rings is 1. The molecule has 0 saturated heterocycles. The maximum absolute atomic E-state index is 14.0. The van der Waals surface area contributed by atoms with Crippen molar-refractivity contribution in [3.05, 3.63) is 34.6 Å². The van der Waals surface area contributed by atoms with E-state index in [4.69, 9.17) is 11.6 Å². The summed E-state index contributed by atoms with van der Waals surface area (Å²) in [5, 5.41) is 4.10. The lowest BCUT2D eigenvalue weighted by Crippen LogP contribution is -2.36. The predicted molar refractivity (Wildman–Crippen MR) is 77.0 cm³/mol. The molecular formula is C16H21ClFN. The normalized spacial score (nSPS) is 22.3. The molecule has 1 unspecified atom stereocenters. The summed E-state index contributed by atoms with van der Waals surface area (Å²) < 4.78 is 14.0. The van der Waals surface area contributed by atoms with Crippen LogP contribution in [0.15, 0.2) is 18.2 Å². The highest BCUT2D eigenvalue weighted by atomic mass is 35.5. The Morgan fingerprint density at radius 2 is 2.05 bits per heavy atom. The molecule has 0 aliphatic heterocycles. The van der Waals surface area contributed by atoms with Crippen molar-refractivity contribution < 1.29 is 4.39 Å². The van der Waals surface area contributed by atoms with Gasteiger partial charge in [0.1, 0.15) is 5.82 Å². The van der Waals surface area contributed by atoms with E-state index in [1.807, 2.05) is 6.07 Å². The van der Waals surface area contributed by atoms with Gasteiger partial charge in [-0.15, -0.1) is 0 Å². The number of hydrogen-bond acceptors (Lipinski definition) is 1. The first-order valence-corrected chi connectivity index (χ1v) is 7.62. The summed E-state index contributed by atoms with van der Waals surface area (Å²) in [6.45, 7) is 3.30. The zero-order valence-corrected chi connectivity index (χ0v) is 12.1. The largest absolute Gasteiger partial charge is 0.313 e. The standard InChI is InChI=1S/C16H21ClFN/c1-16(12-3-4-12,10-19-14-6-7-14)9-11-2-5-13(17)8-15(11)18/h2,5,8,12,14,19H,3-4,6-7,9-10H2,1H3. The summed E-state index contributed by atoms with van der Waals surface area (Å²) in [6.07, 6.45) is 5.99. The molecule has 0 aromatic heterocycles. The molecule has 2 fully saturated rings. The number of hydrogen-bond donors (Lipinski definition) is 1. The van der Waals surface area contributed by atoms with E-state index in [1.165, 1.54) is 31.7 Å². The molecule has 104 valence electrons. The van der Waals surface area contributed by atoms with E-state index in [-0.39, 0.29) is 11.2 Å². The Morgan fingerprint density at radius 1 is 1.32 bits per heavy atom. The van der Waals surface area contributed by atoms with Crippen LogP contribution in [-0.2, 0) is 6.42 Å². The summed E-state index contributed by atoms with van der Waals surface area (Å²) in [5.41, 5.74) is 0.980. The molecule has 1 aromatic rings. The van der Waals surface area contributed by atoms with Crippen LogP contribution in [0.4, 0.5) is 4.39 Å². The van der Waals surface area contributed by atoms with Crippen LogP contribution in [0, 0.1) is 17.2 Å². The highest BCUT2D eigenvalue weighted by Gasteiger charge is 2.42. The predicted octanol–water partition coefficient (Wildman–Crippen LogP) is 4.19. The Balaban J connectivity index is 1.72. The lowest BCUT2D eigenvalue weighted by molar-refractivity contribution is 0.252. The second-order valence-electron chi connectivity index (χ2n) is 6.50. The third-order valence-corrected chi connectivity index (χ3v) is 4.78. The van der Waals surface area contributed by atoms with Gasteiger partial charge in [0, 0.05) is 17.6 Å². The molecule has 2 saturated carbocycles. The molecule has 1 N–H and O–H groups in total. The summed E-state index contributed by atoms with van der Waals surface area (Å²) >= 11 is 5.82. The van der Waals surface area contributed by atoms with Gasteiger partial charge in [-0.1, -0.05) is 24.6 Å². The lowest BCUT2D eigenvalue weighted by Gasteiger charge is -2.30. The van der Waals surface area contributed by atoms with Crippen LogP contribution < -0.4 is 5.32 Å². The fourth-order valence-corrected chi connectivity index (χ4v) is 3.06. The van der Waals surface area contributed by atoms with Gasteiger partial charge in [-0.3, -0.25) is 0 Å². The van der Waals surface area contributed by atoms with Gasteiger partial charge in [0.15, 0.2) is 0 Å². The average Bonchev–Trinajstić information content (AvgIpc) is 3.24. The SMILES string of the molecule is CC(CNC1CC1)(Cc1ccc(Cl)cc1F)C1CC1. The fourth-order valence-electron chi connectivity index (χ4n) is 2.90. The van der Waals surface area contributed by atoms with Crippen molar-refractivity contribution in [2.45, 2.75) is 45.1 Å². The third-order valence-electron chi connectivity index (χ3n) is 4.54. The minimum atomic E-state index is -0.161. The zero-order valence-electron chi connectivity index (χ0n) is 11.4. The van der Waals surface area contributed by atoms with Gasteiger partial charge < -0.3 is 5.32 Å². The Kier molecular flexibility index (Phi) is 3.57. The van der Waals surface area contributed by atoms with E-state index in [1.54, 1.807) is 6.07 Å². The van der Waals surface area contributed by atoms with Crippen molar-refractivity contribution in [2.24, 2.45) is 11.3 Å². The Morgan fingerprint density at radius 3 is 2.63 bits per heavy atom. The molecule has 0 spiro atoms. The summed E-state index contributed by atoms with van der Waals surface area (Å²) in [7, 11) is 0. The van der Waals surface area contributed by atoms with Gasteiger partial charge in [0.25, 0.3) is 0 Å². The molecule has 3 rings (SSSR count). The lowest BCUT2D eigenvalue weighted by atomic mass is 9.78. The van der Waals surface area contributed by atoms with E-state index >= 15 is 0 Å². The van der Waals surface area contributed by atoms with Gasteiger partial charge in [-0.2, -0.15) is 0 Å². The zero-order chi connectivity index (χ0) is 13.5. The van der Waals surface area contributed by atoms with Crippen molar-refractivity contribution in [3.63, 3.8) is 0 Å². The van der Waals surface area contributed by atoms with Gasteiger partial charge in [0.2, 0.25) is 0 Å². The van der Waals surface area contributed by atoms with Crippen LogP contribution in [0.1, 0.15) is 38.2 Å². The first kappa shape index (κ1) is 13.4. The molecule has 1 aromatic carbocycles. The molecule has 0 heterocycles. The van der Waals surface area contributed by atoms with Crippen molar-refractivity contribution >= 4 is 11.6 Å². The molecular weight excluding hydrogens is 261 g/mol. The maximum Gasteiger partial charge on any atom is 0.127 e. The van der Waals surface area contributed by atoms with Gasteiger partial charge in [0.05, 0.1) is 0 Å². The smallest absolute Gasteiger partial charge is 0.127 e. The van der Waals surface area contributed by atoms with Crippen LogP contribution in [0.3, 0.4) is 0 Å². The molecule has 19 heavy (non-hydrogen) atoms. The Hall–Kier alpha value is -0.600. The highest BCUT2D eigenvalue weighted by molar-refractivity contribution is 6.30. The second kappa shape index (κ2) is 5.06. The van der Waals surface area contributed by atoms with Crippen molar-refractivity contribution in [2.75, 3.05) is 6.54 Å². The Labute approximate surface area is 119 Å². The summed E-state index contributed by atoms with van der Waals surface area (Å²) in [5.74, 6) is 0.583. The van der Waals surface area contributed by atoms with E-state index in [0.29, 0.717) is 11.1 Å². The molecule has 0 amide bonds. The summed E-state index contributed by atoms with van der Waals surface area (Å²) in [4.78, 5) is 0. The fraction of sp³-hybridized carbons (Fsp3) is 0.625. The van der Waals surface area contributed by atoms with Crippen LogP contribution in [0.2, 0.25) is 5.02 Å². The van der Waals surface area contributed by atoms with Gasteiger partial charge in [-0.05, 0) is 61.1 Å². The number of rotatable bonds is 6. The average molecular weight is 282 g/mol. The minimum absolute atomic E-state index is 0.161. The molecule has 0 radical (unpaired) electrons. The van der Waals surface area contributed by atoms with Crippen LogP contribution in [0.25, 0.3) is 0 Å². The van der Waals surface area contributed by atoms with E-state index in [2.05, 4.69) is 12.2 Å². The van der Waals surface area contributed by atoms with E-state index < -0.39 is 0 Å².